The summed E-state index contributed by atoms with van der Waals surface area (Å²) < 4.78 is 16.8. The van der Waals surface area contributed by atoms with Crippen LogP contribution in [0.15, 0.2) is 42.5 Å². The van der Waals surface area contributed by atoms with Gasteiger partial charge in [0.2, 0.25) is 11.8 Å². The number of ether oxygens (including phenoxy) is 3. The van der Waals surface area contributed by atoms with Gasteiger partial charge < -0.3 is 19.5 Å². The van der Waals surface area contributed by atoms with Crippen LogP contribution in [0.1, 0.15) is 43.7 Å². The van der Waals surface area contributed by atoms with Crippen molar-refractivity contribution in [2.24, 2.45) is 0 Å². The van der Waals surface area contributed by atoms with Crippen LogP contribution in [0.3, 0.4) is 0 Å². The molecule has 1 saturated carbocycles. The Labute approximate surface area is 194 Å². The molecule has 2 aromatic rings. The molecule has 1 heterocycles. The Kier molecular flexibility index (Phi) is 7.03. The van der Waals surface area contributed by atoms with Gasteiger partial charge in [-0.1, -0.05) is 6.07 Å². The summed E-state index contributed by atoms with van der Waals surface area (Å²) in [5.74, 6) is 1.75. The van der Waals surface area contributed by atoms with E-state index in [-0.39, 0.29) is 30.5 Å². The summed E-state index contributed by atoms with van der Waals surface area (Å²) >= 11 is 0. The van der Waals surface area contributed by atoms with Crippen LogP contribution in [-0.4, -0.2) is 55.7 Å². The Morgan fingerprint density at radius 3 is 2.42 bits per heavy atom. The number of hydrogen-bond donors (Lipinski definition) is 1. The van der Waals surface area contributed by atoms with Crippen LogP contribution in [0.2, 0.25) is 0 Å². The molecule has 8 heteroatoms. The molecule has 2 amide bonds. The van der Waals surface area contributed by atoms with Crippen LogP contribution in [-0.2, 0) is 9.59 Å². The summed E-state index contributed by atoms with van der Waals surface area (Å²) in [5, 5.41) is 6.15. The number of anilines is 1. The van der Waals surface area contributed by atoms with E-state index in [4.69, 9.17) is 14.2 Å². The van der Waals surface area contributed by atoms with E-state index in [0.29, 0.717) is 29.4 Å². The highest BCUT2D eigenvalue weighted by atomic mass is 16.5. The van der Waals surface area contributed by atoms with E-state index in [9.17, 15) is 9.59 Å². The minimum atomic E-state index is -0.263. The molecule has 2 aromatic carbocycles. The average molecular weight is 454 g/mol. The van der Waals surface area contributed by atoms with Gasteiger partial charge in [0.15, 0.2) is 11.5 Å². The van der Waals surface area contributed by atoms with Crippen molar-refractivity contribution in [2.75, 3.05) is 33.1 Å². The van der Waals surface area contributed by atoms with Crippen LogP contribution >= 0.6 is 0 Å². The maximum Gasteiger partial charge on any atom is 0.245 e. The highest BCUT2D eigenvalue weighted by molar-refractivity contribution is 5.94. The first-order valence-corrected chi connectivity index (χ1v) is 11.3. The minimum Gasteiger partial charge on any atom is -0.497 e. The molecule has 0 spiro atoms. The highest BCUT2D eigenvalue weighted by Crippen LogP contribution is 2.38. The van der Waals surface area contributed by atoms with Gasteiger partial charge in [0.05, 0.1) is 26.4 Å². The largest absolute Gasteiger partial charge is 0.497 e. The third-order valence-electron chi connectivity index (χ3n) is 6.32. The van der Waals surface area contributed by atoms with Crippen molar-refractivity contribution in [1.82, 2.24) is 10.0 Å². The van der Waals surface area contributed by atoms with Gasteiger partial charge in [-0.05, 0) is 67.6 Å². The summed E-state index contributed by atoms with van der Waals surface area (Å²) in [4.78, 5) is 25.3. The molecule has 0 radical (unpaired) electrons. The number of hydrogen-bond acceptors (Lipinski definition) is 6. The van der Waals surface area contributed by atoms with Gasteiger partial charge in [-0.25, -0.2) is 5.01 Å². The Bertz CT molecular complexity index is 988. The SMILES string of the molecule is COc1ccc(NC(=O)CN2C(=O)CC(c3ccc(OC)c(OC4CCCC4)c3)N2C)cc1. The summed E-state index contributed by atoms with van der Waals surface area (Å²) in [6.07, 6.45) is 4.95. The fourth-order valence-electron chi connectivity index (χ4n) is 4.47. The molecule has 1 aliphatic carbocycles. The summed E-state index contributed by atoms with van der Waals surface area (Å²) in [7, 11) is 5.05. The first-order chi connectivity index (χ1) is 16.0. The molecule has 1 atom stereocenters. The number of benzene rings is 2. The monoisotopic (exact) mass is 453 g/mol. The van der Waals surface area contributed by atoms with Crippen LogP contribution in [0, 0.1) is 0 Å². The third kappa shape index (κ3) is 5.22. The number of carbonyl (C=O) groups excluding carboxylic acids is 2. The second kappa shape index (κ2) is 10.1. The molecule has 1 unspecified atom stereocenters. The van der Waals surface area contributed by atoms with Crippen molar-refractivity contribution < 1.29 is 23.8 Å². The normalized spacial score (nSPS) is 19.1. The second-order valence-corrected chi connectivity index (χ2v) is 8.46. The predicted octanol–water partition coefficient (Wildman–Crippen LogP) is 3.78. The van der Waals surface area contributed by atoms with Gasteiger partial charge in [0.1, 0.15) is 12.3 Å². The molecule has 1 saturated heterocycles. The number of amides is 2. The zero-order valence-electron chi connectivity index (χ0n) is 19.4. The van der Waals surface area contributed by atoms with Crippen LogP contribution in [0.4, 0.5) is 5.69 Å². The molecule has 2 fully saturated rings. The van der Waals surface area contributed by atoms with Gasteiger partial charge in [0.25, 0.3) is 0 Å². The fraction of sp³-hybridized carbons (Fsp3) is 0.440. The van der Waals surface area contributed by atoms with Gasteiger partial charge in [-0.3, -0.25) is 14.6 Å². The van der Waals surface area contributed by atoms with Gasteiger partial charge in [-0.15, -0.1) is 0 Å². The number of nitrogens with one attached hydrogen (secondary N) is 1. The number of carbonyl (C=O) groups is 2. The molecule has 2 aliphatic rings. The number of methoxy groups -OCH3 is 2. The van der Waals surface area contributed by atoms with Crippen molar-refractivity contribution in [3.05, 3.63) is 48.0 Å². The summed E-state index contributed by atoms with van der Waals surface area (Å²) in [5.41, 5.74) is 1.60. The molecule has 1 N–H and O–H groups in total. The lowest BCUT2D eigenvalue weighted by Crippen LogP contribution is -2.42. The molecule has 0 bridgehead atoms. The quantitative estimate of drug-likeness (QED) is 0.655. The number of rotatable bonds is 8. The molecule has 8 nitrogen and oxygen atoms in total. The molecular formula is C25H31N3O5. The predicted molar refractivity (Wildman–Crippen MR) is 124 cm³/mol. The molecule has 176 valence electrons. The topological polar surface area (TPSA) is 80.3 Å². The van der Waals surface area contributed by atoms with Gasteiger partial charge in [0, 0.05) is 19.2 Å². The van der Waals surface area contributed by atoms with Crippen molar-refractivity contribution in [2.45, 2.75) is 44.2 Å². The lowest BCUT2D eigenvalue weighted by molar-refractivity contribution is -0.141. The van der Waals surface area contributed by atoms with Crippen molar-refractivity contribution in [3.63, 3.8) is 0 Å². The minimum absolute atomic E-state index is 0.0561. The average Bonchev–Trinajstić information content (AvgIpc) is 3.43. The molecular weight excluding hydrogens is 422 g/mol. The van der Waals surface area contributed by atoms with E-state index < -0.39 is 0 Å². The van der Waals surface area contributed by atoms with Crippen molar-refractivity contribution >= 4 is 17.5 Å². The molecule has 4 rings (SSSR count). The second-order valence-electron chi connectivity index (χ2n) is 8.46. The summed E-state index contributed by atoms with van der Waals surface area (Å²) in [6, 6.07) is 12.7. The Morgan fingerprint density at radius 2 is 1.76 bits per heavy atom. The number of nitrogens with zero attached hydrogens (tertiary/aromatic N) is 2. The van der Waals surface area contributed by atoms with E-state index in [1.807, 2.05) is 30.3 Å². The molecule has 0 aromatic heterocycles. The van der Waals surface area contributed by atoms with Gasteiger partial charge >= 0.3 is 0 Å². The van der Waals surface area contributed by atoms with E-state index in [1.165, 1.54) is 17.9 Å². The first kappa shape index (κ1) is 22.9. The first-order valence-electron chi connectivity index (χ1n) is 11.3. The standard InChI is InChI=1S/C25H31N3O5/c1-27-21(17-8-13-22(32-3)23(14-17)33-20-6-4-5-7-20)15-25(30)28(27)16-24(29)26-18-9-11-19(31-2)12-10-18/h8-14,20-21H,4-7,15-16H2,1-3H3,(H,26,29). The zero-order valence-corrected chi connectivity index (χ0v) is 19.4. The van der Waals surface area contributed by atoms with E-state index in [1.54, 1.807) is 38.5 Å². The Morgan fingerprint density at radius 1 is 1.03 bits per heavy atom. The third-order valence-corrected chi connectivity index (χ3v) is 6.32. The maximum atomic E-state index is 12.8. The van der Waals surface area contributed by atoms with Crippen LogP contribution in [0.5, 0.6) is 17.2 Å². The van der Waals surface area contributed by atoms with Gasteiger partial charge in [-0.2, -0.15) is 0 Å². The zero-order chi connectivity index (χ0) is 23.4. The molecule has 1 aliphatic heterocycles. The Balaban J connectivity index is 1.43. The van der Waals surface area contributed by atoms with Crippen LogP contribution < -0.4 is 19.5 Å². The lowest BCUT2D eigenvalue weighted by atomic mass is 10.0. The van der Waals surface area contributed by atoms with E-state index >= 15 is 0 Å². The lowest BCUT2D eigenvalue weighted by Gasteiger charge is -2.28. The van der Waals surface area contributed by atoms with Crippen molar-refractivity contribution in [1.29, 1.82) is 0 Å². The fourth-order valence-corrected chi connectivity index (χ4v) is 4.47. The molecule has 33 heavy (non-hydrogen) atoms. The van der Waals surface area contributed by atoms with E-state index in [2.05, 4.69) is 5.32 Å². The maximum absolute atomic E-state index is 12.8. The summed E-state index contributed by atoms with van der Waals surface area (Å²) in [6.45, 7) is -0.0561. The Hall–Kier alpha value is -3.26. The van der Waals surface area contributed by atoms with Crippen LogP contribution in [0.25, 0.3) is 0 Å². The van der Waals surface area contributed by atoms with E-state index in [0.717, 1.165) is 18.4 Å². The van der Waals surface area contributed by atoms with Crippen molar-refractivity contribution in [3.8, 4) is 17.2 Å². The highest BCUT2D eigenvalue weighted by Gasteiger charge is 2.37. The number of hydrazine groups is 1. The smallest absolute Gasteiger partial charge is 0.245 e.